The summed E-state index contributed by atoms with van der Waals surface area (Å²) in [4.78, 5) is 4.07. The first-order valence-electron chi connectivity index (χ1n) is 6.09. The van der Waals surface area contributed by atoms with Gasteiger partial charge in [0.1, 0.15) is 4.90 Å². The summed E-state index contributed by atoms with van der Waals surface area (Å²) in [5.41, 5.74) is 2.33. The molecule has 8 heteroatoms. The summed E-state index contributed by atoms with van der Waals surface area (Å²) in [6, 6.07) is 1.51. The molecule has 0 spiro atoms. The number of hydrazine groups is 1. The van der Waals surface area contributed by atoms with Gasteiger partial charge in [-0.15, -0.1) is 0 Å². The van der Waals surface area contributed by atoms with Gasteiger partial charge >= 0.3 is 0 Å². The van der Waals surface area contributed by atoms with E-state index in [4.69, 9.17) is 5.84 Å². The number of nitrogens with one attached hydrogen (secondary N) is 1. The fraction of sp³-hybridized carbons (Fsp3) is 0.545. The molecule has 0 fully saturated rings. The molecule has 108 valence electrons. The highest BCUT2D eigenvalue weighted by Gasteiger charge is 2.26. The van der Waals surface area contributed by atoms with E-state index in [-0.39, 0.29) is 10.7 Å². The van der Waals surface area contributed by atoms with Crippen molar-refractivity contribution < 1.29 is 8.42 Å². The summed E-state index contributed by atoms with van der Waals surface area (Å²) in [6.45, 7) is 4.85. The zero-order chi connectivity index (χ0) is 14.5. The van der Waals surface area contributed by atoms with E-state index in [1.807, 2.05) is 13.8 Å². The van der Waals surface area contributed by atoms with E-state index in [1.54, 1.807) is 0 Å². The number of rotatable bonds is 7. The summed E-state index contributed by atoms with van der Waals surface area (Å²) in [7, 11) is -3.59. The molecule has 1 aromatic heterocycles. The van der Waals surface area contributed by atoms with Crippen molar-refractivity contribution in [2.24, 2.45) is 5.84 Å². The molecule has 0 saturated carbocycles. The fourth-order valence-electron chi connectivity index (χ4n) is 1.72. The van der Waals surface area contributed by atoms with Crippen molar-refractivity contribution in [2.45, 2.75) is 31.6 Å². The Kier molecular flexibility index (Phi) is 6.18. The predicted octanol–water partition coefficient (Wildman–Crippen LogP) is 1.94. The third kappa shape index (κ3) is 3.88. The van der Waals surface area contributed by atoms with Crippen molar-refractivity contribution in [1.82, 2.24) is 9.29 Å². The molecule has 19 heavy (non-hydrogen) atoms. The normalized spacial score (nSPS) is 11.8. The van der Waals surface area contributed by atoms with E-state index in [0.29, 0.717) is 17.6 Å². The molecule has 0 bridgehead atoms. The third-order valence-electron chi connectivity index (χ3n) is 2.52. The van der Waals surface area contributed by atoms with E-state index in [1.165, 1.54) is 16.6 Å². The molecule has 1 aromatic rings. The van der Waals surface area contributed by atoms with Gasteiger partial charge in [0.25, 0.3) is 0 Å². The number of nitrogens with zero attached hydrogens (tertiary/aromatic N) is 2. The van der Waals surface area contributed by atoms with Gasteiger partial charge in [-0.25, -0.2) is 19.2 Å². The van der Waals surface area contributed by atoms with Crippen molar-refractivity contribution >= 4 is 31.8 Å². The maximum absolute atomic E-state index is 12.6. The first kappa shape index (κ1) is 16.4. The Morgan fingerprint density at radius 2 is 1.95 bits per heavy atom. The summed E-state index contributed by atoms with van der Waals surface area (Å²) in [5.74, 6) is 5.49. The number of sulfonamides is 1. The zero-order valence-electron chi connectivity index (χ0n) is 11.1. The number of hydrogen-bond acceptors (Lipinski definition) is 5. The summed E-state index contributed by atoms with van der Waals surface area (Å²) < 4.78 is 27.3. The molecule has 6 nitrogen and oxygen atoms in total. The van der Waals surface area contributed by atoms with Crippen LogP contribution in [0.25, 0.3) is 0 Å². The molecule has 0 radical (unpaired) electrons. The van der Waals surface area contributed by atoms with E-state index in [0.717, 1.165) is 12.8 Å². The van der Waals surface area contributed by atoms with Crippen LogP contribution in [0.4, 0.5) is 5.82 Å². The van der Waals surface area contributed by atoms with Crippen LogP contribution in [-0.4, -0.2) is 30.8 Å². The van der Waals surface area contributed by atoms with Gasteiger partial charge in [-0.2, -0.15) is 4.31 Å². The minimum Gasteiger partial charge on any atom is -0.307 e. The molecular formula is C11H19BrN4O2S. The second-order valence-electron chi connectivity index (χ2n) is 4.05. The Balaban J connectivity index is 3.27. The van der Waals surface area contributed by atoms with Crippen LogP contribution in [0.1, 0.15) is 26.7 Å². The Labute approximate surface area is 122 Å². The SMILES string of the molecule is CCCN(CCC)S(=O)(=O)c1cc(Br)cnc1NN. The van der Waals surface area contributed by atoms with Crippen molar-refractivity contribution in [3.63, 3.8) is 0 Å². The molecule has 0 unspecified atom stereocenters. The Morgan fingerprint density at radius 1 is 1.37 bits per heavy atom. The molecule has 3 N–H and O–H groups in total. The fourth-order valence-corrected chi connectivity index (χ4v) is 3.95. The summed E-state index contributed by atoms with van der Waals surface area (Å²) in [6.07, 6.45) is 3.01. The minimum atomic E-state index is -3.59. The highest BCUT2D eigenvalue weighted by atomic mass is 79.9. The number of anilines is 1. The molecule has 0 aromatic carbocycles. The van der Waals surface area contributed by atoms with Gasteiger partial charge < -0.3 is 5.43 Å². The smallest absolute Gasteiger partial charge is 0.246 e. The molecule has 0 saturated heterocycles. The molecular weight excluding hydrogens is 332 g/mol. The monoisotopic (exact) mass is 350 g/mol. The molecule has 0 atom stereocenters. The van der Waals surface area contributed by atoms with E-state index < -0.39 is 10.0 Å². The topological polar surface area (TPSA) is 88.3 Å². The lowest BCUT2D eigenvalue weighted by molar-refractivity contribution is 0.410. The number of aromatic nitrogens is 1. The largest absolute Gasteiger partial charge is 0.307 e. The van der Waals surface area contributed by atoms with Gasteiger partial charge in [0, 0.05) is 23.8 Å². The van der Waals surface area contributed by atoms with E-state index in [2.05, 4.69) is 26.3 Å². The summed E-state index contributed by atoms with van der Waals surface area (Å²) in [5, 5.41) is 0. The van der Waals surface area contributed by atoms with Crippen LogP contribution < -0.4 is 11.3 Å². The quantitative estimate of drug-likeness (QED) is 0.579. The van der Waals surface area contributed by atoms with Gasteiger partial charge in [0.05, 0.1) is 0 Å². The van der Waals surface area contributed by atoms with Crippen LogP contribution in [0.15, 0.2) is 21.6 Å². The van der Waals surface area contributed by atoms with E-state index >= 15 is 0 Å². The molecule has 0 aliphatic heterocycles. The van der Waals surface area contributed by atoms with Crippen molar-refractivity contribution in [1.29, 1.82) is 0 Å². The first-order valence-corrected chi connectivity index (χ1v) is 8.33. The highest BCUT2D eigenvalue weighted by Crippen LogP contribution is 2.25. The standard InChI is InChI=1S/C11H19BrN4O2S/c1-3-5-16(6-4-2)19(17,18)10-7-9(12)8-14-11(10)15-13/h7-8H,3-6,13H2,1-2H3,(H,14,15). The van der Waals surface area contributed by atoms with Crippen LogP contribution >= 0.6 is 15.9 Å². The Bertz CT molecular complexity index is 515. The number of pyridine rings is 1. The van der Waals surface area contributed by atoms with Gasteiger partial charge in [-0.3, -0.25) is 0 Å². The number of nitrogen functional groups attached to an aromatic ring is 1. The van der Waals surface area contributed by atoms with Crippen molar-refractivity contribution in [3.05, 3.63) is 16.7 Å². The molecule has 1 heterocycles. The number of halogens is 1. The maximum atomic E-state index is 12.6. The number of nitrogens with two attached hydrogens (primary N) is 1. The van der Waals surface area contributed by atoms with Crippen LogP contribution in [0, 0.1) is 0 Å². The van der Waals surface area contributed by atoms with E-state index in [9.17, 15) is 8.42 Å². The minimum absolute atomic E-state index is 0.0891. The molecule has 0 aliphatic carbocycles. The first-order chi connectivity index (χ1) is 8.97. The van der Waals surface area contributed by atoms with Gasteiger partial charge in [-0.05, 0) is 34.8 Å². The second-order valence-corrected chi connectivity index (χ2v) is 6.87. The van der Waals surface area contributed by atoms with Gasteiger partial charge in [0.2, 0.25) is 10.0 Å². The average molecular weight is 351 g/mol. The lowest BCUT2D eigenvalue weighted by atomic mass is 10.4. The van der Waals surface area contributed by atoms with Gasteiger partial charge in [0.15, 0.2) is 5.82 Å². The number of hydrogen-bond donors (Lipinski definition) is 2. The predicted molar refractivity (Wildman–Crippen MR) is 79.1 cm³/mol. The van der Waals surface area contributed by atoms with Crippen LogP contribution in [0.2, 0.25) is 0 Å². The lowest BCUT2D eigenvalue weighted by Crippen LogP contribution is -2.33. The average Bonchev–Trinajstić information content (AvgIpc) is 2.38. The Hall–Kier alpha value is -0.700. The third-order valence-corrected chi connectivity index (χ3v) is 4.87. The van der Waals surface area contributed by atoms with Crippen LogP contribution in [0.5, 0.6) is 0 Å². The van der Waals surface area contributed by atoms with Gasteiger partial charge in [-0.1, -0.05) is 13.8 Å². The highest BCUT2D eigenvalue weighted by molar-refractivity contribution is 9.10. The van der Waals surface area contributed by atoms with Crippen LogP contribution in [-0.2, 0) is 10.0 Å². The molecule has 1 rings (SSSR count). The van der Waals surface area contributed by atoms with Crippen molar-refractivity contribution in [3.8, 4) is 0 Å². The second kappa shape index (κ2) is 7.18. The zero-order valence-corrected chi connectivity index (χ0v) is 13.5. The molecule has 0 aliphatic rings. The summed E-state index contributed by atoms with van der Waals surface area (Å²) >= 11 is 3.23. The van der Waals surface area contributed by atoms with Crippen molar-refractivity contribution in [2.75, 3.05) is 18.5 Å². The maximum Gasteiger partial charge on any atom is 0.246 e. The Morgan fingerprint density at radius 3 is 2.42 bits per heavy atom. The van der Waals surface area contributed by atoms with Crippen LogP contribution in [0.3, 0.4) is 0 Å². The molecule has 0 amide bonds. The lowest BCUT2D eigenvalue weighted by Gasteiger charge is -2.22.